The van der Waals surface area contributed by atoms with Crippen molar-refractivity contribution in [1.82, 2.24) is 4.90 Å². The van der Waals surface area contributed by atoms with E-state index in [0.717, 1.165) is 38.6 Å². The zero-order valence-electron chi connectivity index (χ0n) is 11.6. The summed E-state index contributed by atoms with van der Waals surface area (Å²) in [5, 5.41) is 8.81. The van der Waals surface area contributed by atoms with Gasteiger partial charge in [-0.25, -0.2) is 0 Å². The Labute approximate surface area is 115 Å². The highest BCUT2D eigenvalue weighted by molar-refractivity contribution is 5.79. The Morgan fingerprint density at radius 2 is 1.68 bits per heavy atom. The molecule has 4 nitrogen and oxygen atoms in total. The molecule has 2 rings (SSSR count). The molecule has 0 radical (unpaired) electrons. The van der Waals surface area contributed by atoms with Gasteiger partial charge in [0.1, 0.15) is 0 Å². The third-order valence-corrected chi connectivity index (χ3v) is 4.56. The summed E-state index contributed by atoms with van der Waals surface area (Å²) in [5.41, 5.74) is 0. The number of likely N-dealkylation sites (tertiary alicyclic amines) is 1. The lowest BCUT2D eigenvalue weighted by molar-refractivity contribution is -0.143. The standard InChI is InChI=1S/C15H25NO3/c17-14(18)10-9-13-8-4-5-11-16(13)15(19)12-6-2-1-3-7-12/h12-13H,1-11H2,(H,17,18). The van der Waals surface area contributed by atoms with Crippen LogP contribution in [-0.4, -0.2) is 34.5 Å². The Hall–Kier alpha value is -1.06. The van der Waals surface area contributed by atoms with Crippen LogP contribution in [0.25, 0.3) is 0 Å². The van der Waals surface area contributed by atoms with Crippen LogP contribution in [0.4, 0.5) is 0 Å². The minimum Gasteiger partial charge on any atom is -0.481 e. The third-order valence-electron chi connectivity index (χ3n) is 4.56. The first-order valence-corrected chi connectivity index (χ1v) is 7.71. The highest BCUT2D eigenvalue weighted by Gasteiger charge is 2.32. The van der Waals surface area contributed by atoms with Gasteiger partial charge in [-0.2, -0.15) is 0 Å². The molecule has 1 aliphatic heterocycles. The largest absolute Gasteiger partial charge is 0.481 e. The molecule has 0 aromatic carbocycles. The van der Waals surface area contributed by atoms with E-state index in [1.54, 1.807) is 0 Å². The average molecular weight is 267 g/mol. The molecule has 2 fully saturated rings. The van der Waals surface area contributed by atoms with Crippen LogP contribution in [0.15, 0.2) is 0 Å². The zero-order chi connectivity index (χ0) is 13.7. The maximum Gasteiger partial charge on any atom is 0.303 e. The third kappa shape index (κ3) is 3.95. The Bertz CT molecular complexity index is 323. The second-order valence-corrected chi connectivity index (χ2v) is 5.95. The molecule has 1 atom stereocenters. The summed E-state index contributed by atoms with van der Waals surface area (Å²) in [6, 6.07) is 0.166. The van der Waals surface area contributed by atoms with Crippen molar-refractivity contribution in [1.29, 1.82) is 0 Å². The molecule has 0 aromatic heterocycles. The van der Waals surface area contributed by atoms with Crippen LogP contribution in [0.3, 0.4) is 0 Å². The summed E-state index contributed by atoms with van der Waals surface area (Å²) >= 11 is 0. The van der Waals surface area contributed by atoms with Gasteiger partial charge >= 0.3 is 5.97 Å². The summed E-state index contributed by atoms with van der Waals surface area (Å²) in [7, 11) is 0. The van der Waals surface area contributed by atoms with E-state index >= 15 is 0 Å². The molecule has 19 heavy (non-hydrogen) atoms. The van der Waals surface area contributed by atoms with E-state index in [2.05, 4.69) is 0 Å². The lowest BCUT2D eigenvalue weighted by atomic mass is 9.86. The Morgan fingerprint density at radius 1 is 1.00 bits per heavy atom. The topological polar surface area (TPSA) is 57.6 Å². The van der Waals surface area contributed by atoms with Crippen LogP contribution in [-0.2, 0) is 9.59 Å². The first-order valence-electron chi connectivity index (χ1n) is 7.71. The fourth-order valence-corrected chi connectivity index (χ4v) is 3.46. The summed E-state index contributed by atoms with van der Waals surface area (Å²) in [6.45, 7) is 0.833. The quantitative estimate of drug-likeness (QED) is 0.852. The number of carbonyl (C=O) groups is 2. The molecule has 1 unspecified atom stereocenters. The molecule has 1 saturated heterocycles. The molecule has 1 saturated carbocycles. The Morgan fingerprint density at radius 3 is 2.37 bits per heavy atom. The van der Waals surface area contributed by atoms with Gasteiger partial charge < -0.3 is 10.0 Å². The predicted octanol–water partition coefficient (Wildman–Crippen LogP) is 2.81. The van der Waals surface area contributed by atoms with Gasteiger partial charge in [0.15, 0.2) is 0 Å². The van der Waals surface area contributed by atoms with Crippen LogP contribution in [0.1, 0.15) is 64.2 Å². The van der Waals surface area contributed by atoms with Crippen molar-refractivity contribution in [3.8, 4) is 0 Å². The zero-order valence-corrected chi connectivity index (χ0v) is 11.6. The monoisotopic (exact) mass is 267 g/mol. The number of nitrogens with zero attached hydrogens (tertiary/aromatic N) is 1. The highest BCUT2D eigenvalue weighted by Crippen LogP contribution is 2.29. The molecule has 0 spiro atoms. The molecular weight excluding hydrogens is 242 g/mol. The molecule has 1 aliphatic carbocycles. The van der Waals surface area contributed by atoms with Gasteiger partial charge in [0.25, 0.3) is 0 Å². The molecule has 108 valence electrons. The molecule has 1 heterocycles. The second kappa shape index (κ2) is 6.92. The number of piperidine rings is 1. The van der Waals surface area contributed by atoms with Gasteiger partial charge in [-0.1, -0.05) is 19.3 Å². The van der Waals surface area contributed by atoms with Crippen LogP contribution < -0.4 is 0 Å². The summed E-state index contributed by atoms with van der Waals surface area (Å²) in [4.78, 5) is 25.3. The van der Waals surface area contributed by atoms with Crippen molar-refractivity contribution in [2.24, 2.45) is 5.92 Å². The van der Waals surface area contributed by atoms with E-state index in [1.807, 2.05) is 4.90 Å². The molecule has 4 heteroatoms. The molecule has 2 aliphatic rings. The summed E-state index contributed by atoms with van der Waals surface area (Å²) < 4.78 is 0. The maximum absolute atomic E-state index is 12.6. The minimum absolute atomic E-state index is 0.166. The maximum atomic E-state index is 12.6. The van der Waals surface area contributed by atoms with Crippen LogP contribution in [0.5, 0.6) is 0 Å². The number of aliphatic carboxylic acids is 1. The van der Waals surface area contributed by atoms with Crippen LogP contribution in [0, 0.1) is 5.92 Å². The van der Waals surface area contributed by atoms with Crippen molar-refractivity contribution < 1.29 is 14.7 Å². The number of carbonyl (C=O) groups excluding carboxylic acids is 1. The Balaban J connectivity index is 1.93. The van der Waals surface area contributed by atoms with Crippen molar-refractivity contribution >= 4 is 11.9 Å². The first kappa shape index (κ1) is 14.4. The lowest BCUT2D eigenvalue weighted by Gasteiger charge is -2.38. The van der Waals surface area contributed by atoms with Crippen molar-refractivity contribution in [3.05, 3.63) is 0 Å². The van der Waals surface area contributed by atoms with Crippen molar-refractivity contribution in [2.45, 2.75) is 70.3 Å². The fraction of sp³-hybridized carbons (Fsp3) is 0.867. The molecule has 1 N–H and O–H groups in total. The number of hydrogen-bond donors (Lipinski definition) is 1. The smallest absolute Gasteiger partial charge is 0.303 e. The van der Waals surface area contributed by atoms with Crippen molar-refractivity contribution in [2.75, 3.05) is 6.54 Å². The van der Waals surface area contributed by atoms with Gasteiger partial charge in [-0.3, -0.25) is 9.59 Å². The van der Waals surface area contributed by atoms with Gasteiger partial charge in [0, 0.05) is 24.9 Å². The van der Waals surface area contributed by atoms with Gasteiger partial charge in [-0.15, -0.1) is 0 Å². The van der Waals surface area contributed by atoms with E-state index in [4.69, 9.17) is 5.11 Å². The first-order chi connectivity index (χ1) is 9.18. The SMILES string of the molecule is O=C(O)CCC1CCCCN1C(=O)C1CCCCC1. The van der Waals surface area contributed by atoms with Crippen LogP contribution in [0.2, 0.25) is 0 Å². The van der Waals surface area contributed by atoms with Crippen LogP contribution >= 0.6 is 0 Å². The lowest BCUT2D eigenvalue weighted by Crippen LogP contribution is -2.47. The number of rotatable bonds is 4. The van der Waals surface area contributed by atoms with Gasteiger partial charge in [-0.05, 0) is 38.5 Å². The number of amides is 1. The molecule has 0 bridgehead atoms. The number of carboxylic acid groups (broad SMARTS) is 1. The summed E-state index contributed by atoms with van der Waals surface area (Å²) in [6.07, 6.45) is 9.63. The highest BCUT2D eigenvalue weighted by atomic mass is 16.4. The molecule has 1 amide bonds. The van der Waals surface area contributed by atoms with E-state index in [0.29, 0.717) is 12.3 Å². The molecular formula is C15H25NO3. The number of hydrogen-bond acceptors (Lipinski definition) is 2. The predicted molar refractivity (Wildman–Crippen MR) is 72.8 cm³/mol. The van der Waals surface area contributed by atoms with Gasteiger partial charge in [0.2, 0.25) is 5.91 Å². The molecule has 0 aromatic rings. The summed E-state index contributed by atoms with van der Waals surface area (Å²) in [5.74, 6) is -0.246. The fourth-order valence-electron chi connectivity index (χ4n) is 3.46. The van der Waals surface area contributed by atoms with E-state index in [1.165, 1.54) is 19.3 Å². The van der Waals surface area contributed by atoms with E-state index in [-0.39, 0.29) is 18.4 Å². The van der Waals surface area contributed by atoms with Gasteiger partial charge in [0.05, 0.1) is 0 Å². The van der Waals surface area contributed by atoms with E-state index < -0.39 is 5.97 Å². The van der Waals surface area contributed by atoms with Crippen molar-refractivity contribution in [3.63, 3.8) is 0 Å². The average Bonchev–Trinajstić information content (AvgIpc) is 2.45. The Kier molecular flexibility index (Phi) is 5.23. The minimum atomic E-state index is -0.754. The second-order valence-electron chi connectivity index (χ2n) is 5.95. The van der Waals surface area contributed by atoms with E-state index in [9.17, 15) is 9.59 Å². The normalized spacial score (nSPS) is 25.3. The number of carboxylic acids is 1.